The van der Waals surface area contributed by atoms with Crippen molar-refractivity contribution in [2.45, 2.75) is 31.7 Å². The van der Waals surface area contributed by atoms with Crippen LogP contribution in [0.15, 0.2) is 55.2 Å². The molecule has 10 nitrogen and oxygen atoms in total. The number of ether oxygens (including phenoxy) is 2. The molecule has 7 rings (SSSR count). The average Bonchev–Trinajstić information content (AvgIpc) is 3.67. The highest BCUT2D eigenvalue weighted by Crippen LogP contribution is 2.39. The van der Waals surface area contributed by atoms with Crippen molar-refractivity contribution in [3.8, 4) is 11.5 Å². The Morgan fingerprint density at radius 3 is 2.84 bits per heavy atom. The van der Waals surface area contributed by atoms with Crippen molar-refractivity contribution in [1.82, 2.24) is 29.5 Å². The molecule has 38 heavy (non-hydrogen) atoms. The van der Waals surface area contributed by atoms with E-state index in [-0.39, 0.29) is 5.54 Å². The summed E-state index contributed by atoms with van der Waals surface area (Å²) < 4.78 is 13.9. The summed E-state index contributed by atoms with van der Waals surface area (Å²) in [6, 6.07) is 11.9. The molecule has 192 valence electrons. The maximum absolute atomic E-state index is 6.18. The molecule has 0 radical (unpaired) electrons. The second-order valence-corrected chi connectivity index (χ2v) is 10.1. The van der Waals surface area contributed by atoms with Gasteiger partial charge in [0, 0.05) is 32.0 Å². The van der Waals surface area contributed by atoms with Crippen LogP contribution < -0.4 is 15.0 Å². The Morgan fingerprint density at radius 1 is 1.03 bits per heavy atom. The standard InChI is InChI=1S/C28H28N8O2/c1-18-12-19(4-7-24(18)38-20-5-6-23-21(13-20)32-17-35(23)2)33-26-25-22(30-16-31-26)14-29-27(34-25)36-10-3-8-28(36)9-11-37-15-28/h4-7,12-14,16-17H,3,8-11,15H2,1-2H3,(H,30,31,33). The third-order valence-electron chi connectivity index (χ3n) is 7.65. The van der Waals surface area contributed by atoms with Gasteiger partial charge in [0.05, 0.1) is 35.7 Å². The minimum atomic E-state index is 0.00491. The Labute approximate surface area is 219 Å². The fraction of sp³-hybridized carbons (Fsp3) is 0.321. The van der Waals surface area contributed by atoms with E-state index in [1.54, 1.807) is 12.5 Å². The van der Waals surface area contributed by atoms with Crippen LogP contribution in [-0.2, 0) is 11.8 Å². The first-order valence-electron chi connectivity index (χ1n) is 12.9. The van der Waals surface area contributed by atoms with Gasteiger partial charge in [-0.3, -0.25) is 0 Å². The summed E-state index contributed by atoms with van der Waals surface area (Å²) in [7, 11) is 1.98. The van der Waals surface area contributed by atoms with Crippen LogP contribution in [0.5, 0.6) is 11.5 Å². The molecule has 0 saturated carbocycles. The van der Waals surface area contributed by atoms with Crippen molar-refractivity contribution >= 4 is 39.5 Å². The molecule has 5 aromatic rings. The zero-order valence-corrected chi connectivity index (χ0v) is 21.4. The second kappa shape index (κ2) is 8.91. The molecule has 0 amide bonds. The van der Waals surface area contributed by atoms with Gasteiger partial charge in [-0.05, 0) is 62.1 Å². The van der Waals surface area contributed by atoms with Gasteiger partial charge in [0.1, 0.15) is 28.9 Å². The molecule has 2 aliphatic rings. The number of imidazole rings is 1. The monoisotopic (exact) mass is 508 g/mol. The molecule has 2 aromatic carbocycles. The van der Waals surface area contributed by atoms with E-state index < -0.39 is 0 Å². The number of nitrogens with one attached hydrogen (secondary N) is 1. The highest BCUT2D eigenvalue weighted by molar-refractivity contribution is 5.87. The van der Waals surface area contributed by atoms with Crippen LogP contribution in [0.3, 0.4) is 0 Å². The van der Waals surface area contributed by atoms with Crippen molar-refractivity contribution in [2.24, 2.45) is 7.05 Å². The summed E-state index contributed by atoms with van der Waals surface area (Å²) >= 11 is 0. The van der Waals surface area contributed by atoms with Gasteiger partial charge >= 0.3 is 0 Å². The summed E-state index contributed by atoms with van der Waals surface area (Å²) in [5.41, 5.74) is 5.24. The molecule has 3 aromatic heterocycles. The largest absolute Gasteiger partial charge is 0.457 e. The fourth-order valence-corrected chi connectivity index (χ4v) is 5.61. The number of benzene rings is 2. The van der Waals surface area contributed by atoms with E-state index in [4.69, 9.17) is 14.5 Å². The molecule has 2 saturated heterocycles. The lowest BCUT2D eigenvalue weighted by molar-refractivity contribution is 0.178. The molecule has 1 spiro atoms. The first-order chi connectivity index (χ1) is 18.6. The lowest BCUT2D eigenvalue weighted by atomic mass is 9.96. The molecule has 0 aliphatic carbocycles. The third kappa shape index (κ3) is 3.88. The quantitative estimate of drug-likeness (QED) is 0.355. The smallest absolute Gasteiger partial charge is 0.226 e. The first-order valence-corrected chi connectivity index (χ1v) is 12.9. The van der Waals surface area contributed by atoms with Gasteiger partial charge in [-0.25, -0.2) is 24.9 Å². The van der Waals surface area contributed by atoms with E-state index in [1.807, 2.05) is 54.9 Å². The normalized spacial score (nSPS) is 19.2. The predicted octanol–water partition coefficient (Wildman–Crippen LogP) is 4.91. The molecule has 1 atom stereocenters. The van der Waals surface area contributed by atoms with E-state index >= 15 is 0 Å². The van der Waals surface area contributed by atoms with Crippen LogP contribution in [0.4, 0.5) is 17.5 Å². The number of fused-ring (bicyclic) bond motifs is 2. The van der Waals surface area contributed by atoms with Crippen LogP contribution in [0, 0.1) is 6.92 Å². The molecule has 0 bridgehead atoms. The number of rotatable bonds is 5. The van der Waals surface area contributed by atoms with Gasteiger partial charge < -0.3 is 24.3 Å². The summed E-state index contributed by atoms with van der Waals surface area (Å²) in [5.74, 6) is 2.88. The van der Waals surface area contributed by atoms with Gasteiger partial charge in [0.25, 0.3) is 0 Å². The second-order valence-electron chi connectivity index (χ2n) is 10.1. The third-order valence-corrected chi connectivity index (χ3v) is 7.65. The summed E-state index contributed by atoms with van der Waals surface area (Å²) in [5, 5.41) is 3.43. The van der Waals surface area contributed by atoms with Crippen molar-refractivity contribution in [3.63, 3.8) is 0 Å². The van der Waals surface area contributed by atoms with Gasteiger partial charge in [-0.1, -0.05) is 0 Å². The zero-order chi connectivity index (χ0) is 25.7. The van der Waals surface area contributed by atoms with E-state index in [2.05, 4.69) is 30.2 Å². The molecule has 10 heteroatoms. The summed E-state index contributed by atoms with van der Waals surface area (Å²) in [6.07, 6.45) is 8.35. The molecule has 1 unspecified atom stereocenters. The average molecular weight is 509 g/mol. The fourth-order valence-electron chi connectivity index (χ4n) is 5.61. The minimum absolute atomic E-state index is 0.00491. The maximum atomic E-state index is 6.18. The number of aryl methyl sites for hydroxylation is 2. The highest BCUT2D eigenvalue weighted by atomic mass is 16.5. The lowest BCUT2D eigenvalue weighted by Gasteiger charge is -2.33. The predicted molar refractivity (Wildman–Crippen MR) is 145 cm³/mol. The Bertz CT molecular complexity index is 1650. The van der Waals surface area contributed by atoms with Crippen molar-refractivity contribution in [2.75, 3.05) is 30.0 Å². The van der Waals surface area contributed by atoms with Gasteiger partial charge in [-0.15, -0.1) is 0 Å². The topological polar surface area (TPSA) is 103 Å². The number of hydrogen-bond donors (Lipinski definition) is 1. The number of nitrogens with zero attached hydrogens (tertiary/aromatic N) is 7. The van der Waals surface area contributed by atoms with Crippen LogP contribution in [0.1, 0.15) is 24.8 Å². The number of aromatic nitrogens is 6. The summed E-state index contributed by atoms with van der Waals surface area (Å²) in [6.45, 7) is 4.47. The lowest BCUT2D eigenvalue weighted by Crippen LogP contribution is -2.45. The van der Waals surface area contributed by atoms with Crippen molar-refractivity contribution in [1.29, 1.82) is 0 Å². The minimum Gasteiger partial charge on any atom is -0.457 e. The SMILES string of the molecule is Cc1cc(Nc2ncnc3cnc(N4CCCC45CCOC5)nc23)ccc1Oc1ccc2c(c1)ncn2C. The molecule has 1 N–H and O–H groups in total. The van der Waals surface area contributed by atoms with E-state index in [9.17, 15) is 0 Å². The van der Waals surface area contributed by atoms with Gasteiger partial charge in [-0.2, -0.15) is 0 Å². The van der Waals surface area contributed by atoms with Gasteiger partial charge in [0.15, 0.2) is 5.82 Å². The van der Waals surface area contributed by atoms with Crippen LogP contribution in [-0.4, -0.2) is 54.8 Å². The van der Waals surface area contributed by atoms with Gasteiger partial charge in [0.2, 0.25) is 5.95 Å². The molecule has 2 aliphatic heterocycles. The Hall–Kier alpha value is -4.31. The van der Waals surface area contributed by atoms with E-state index in [1.165, 1.54) is 6.33 Å². The van der Waals surface area contributed by atoms with E-state index in [0.717, 1.165) is 72.8 Å². The first kappa shape index (κ1) is 22.9. The number of hydrogen-bond acceptors (Lipinski definition) is 9. The van der Waals surface area contributed by atoms with Crippen LogP contribution in [0.2, 0.25) is 0 Å². The zero-order valence-electron chi connectivity index (χ0n) is 21.4. The Balaban J connectivity index is 1.15. The summed E-state index contributed by atoms with van der Waals surface area (Å²) in [4.78, 5) is 25.2. The van der Waals surface area contributed by atoms with Crippen LogP contribution in [0.25, 0.3) is 22.1 Å². The molecular formula is C28H28N8O2. The number of anilines is 3. The Kier molecular flexibility index (Phi) is 5.36. The molecule has 2 fully saturated rings. The van der Waals surface area contributed by atoms with Crippen molar-refractivity contribution < 1.29 is 9.47 Å². The molecule has 5 heterocycles. The van der Waals surface area contributed by atoms with Crippen molar-refractivity contribution in [3.05, 3.63) is 60.8 Å². The maximum Gasteiger partial charge on any atom is 0.226 e. The van der Waals surface area contributed by atoms with E-state index in [0.29, 0.717) is 22.8 Å². The Morgan fingerprint density at radius 2 is 1.97 bits per heavy atom. The molecular weight excluding hydrogens is 480 g/mol. The van der Waals surface area contributed by atoms with Crippen LogP contribution >= 0.6 is 0 Å². The highest BCUT2D eigenvalue weighted by Gasteiger charge is 2.45.